The van der Waals surface area contributed by atoms with Crippen LogP contribution in [0.15, 0.2) is 72.8 Å². The molecule has 26 heavy (non-hydrogen) atoms. The maximum absolute atomic E-state index is 12.0. The van der Waals surface area contributed by atoms with Crippen molar-refractivity contribution in [1.82, 2.24) is 0 Å². The van der Waals surface area contributed by atoms with Crippen molar-refractivity contribution in [2.45, 2.75) is 20.8 Å². The number of aromatic carboxylic acids is 1. The average molecular weight is 365 g/mol. The molecule has 0 bridgehead atoms. The molecular weight excluding hydrogens is 343 g/mol. The lowest BCUT2D eigenvalue weighted by Crippen LogP contribution is -2.04. The lowest BCUT2D eigenvalue weighted by Gasteiger charge is -2.05. The number of carbonyl (C=O) groups is 1. The summed E-state index contributed by atoms with van der Waals surface area (Å²) in [5.41, 5.74) is 3.20. The SMILES string of the molecule is Cc1cc(C)c(C(=O)O)c(C)c1.O=[P+](c1ccccc1)c1ccccc1. The molecule has 3 aromatic rings. The summed E-state index contributed by atoms with van der Waals surface area (Å²) >= 11 is 0. The van der Waals surface area contributed by atoms with Gasteiger partial charge in [0.2, 0.25) is 0 Å². The van der Waals surface area contributed by atoms with Gasteiger partial charge in [-0.05, 0) is 56.2 Å². The van der Waals surface area contributed by atoms with Crippen LogP contribution in [0.4, 0.5) is 0 Å². The minimum atomic E-state index is -1.42. The van der Waals surface area contributed by atoms with Crippen LogP contribution in [0.2, 0.25) is 0 Å². The fraction of sp³-hybridized carbons (Fsp3) is 0.136. The summed E-state index contributed by atoms with van der Waals surface area (Å²) in [6, 6.07) is 22.8. The van der Waals surface area contributed by atoms with E-state index < -0.39 is 13.8 Å². The summed E-state index contributed by atoms with van der Waals surface area (Å²) in [7, 11) is -1.42. The molecule has 0 spiro atoms. The quantitative estimate of drug-likeness (QED) is 0.680. The van der Waals surface area contributed by atoms with Gasteiger partial charge in [0.05, 0.1) is 5.56 Å². The Morgan fingerprint density at radius 2 is 1.15 bits per heavy atom. The minimum Gasteiger partial charge on any atom is -0.478 e. The molecule has 0 saturated carbocycles. The Labute approximate surface area is 155 Å². The summed E-state index contributed by atoms with van der Waals surface area (Å²) in [5, 5.41) is 10.6. The monoisotopic (exact) mass is 365 g/mol. The first kappa shape index (κ1) is 19.6. The van der Waals surface area contributed by atoms with Crippen LogP contribution in [0.25, 0.3) is 0 Å². The normalized spacial score (nSPS) is 9.81. The minimum absolute atomic E-state index is 0.431. The van der Waals surface area contributed by atoms with Gasteiger partial charge in [-0.2, -0.15) is 0 Å². The van der Waals surface area contributed by atoms with E-state index in [4.69, 9.17) is 5.11 Å². The Morgan fingerprint density at radius 3 is 1.50 bits per heavy atom. The van der Waals surface area contributed by atoms with Gasteiger partial charge >= 0.3 is 13.8 Å². The smallest absolute Gasteiger partial charge is 0.415 e. The third-order valence-corrected chi connectivity index (χ3v) is 5.41. The first-order valence-corrected chi connectivity index (χ1v) is 9.54. The molecule has 0 saturated heterocycles. The molecule has 0 aliphatic carbocycles. The van der Waals surface area contributed by atoms with Crippen molar-refractivity contribution in [2.75, 3.05) is 0 Å². The molecule has 132 valence electrons. The van der Waals surface area contributed by atoms with Gasteiger partial charge in [0.15, 0.2) is 10.6 Å². The molecule has 0 aliphatic rings. The van der Waals surface area contributed by atoms with Gasteiger partial charge in [0.1, 0.15) is 0 Å². The number of rotatable bonds is 3. The van der Waals surface area contributed by atoms with Crippen LogP contribution in [0, 0.1) is 20.8 Å². The molecule has 3 aromatic carbocycles. The molecule has 1 N–H and O–H groups in total. The van der Waals surface area contributed by atoms with Crippen LogP contribution in [0.5, 0.6) is 0 Å². The second-order valence-corrected chi connectivity index (χ2v) is 7.67. The van der Waals surface area contributed by atoms with E-state index >= 15 is 0 Å². The first-order chi connectivity index (χ1) is 12.4. The van der Waals surface area contributed by atoms with Gasteiger partial charge < -0.3 is 5.11 Å². The van der Waals surface area contributed by atoms with Crippen LogP contribution in [-0.4, -0.2) is 11.1 Å². The molecule has 0 heterocycles. The zero-order valence-corrected chi connectivity index (χ0v) is 16.0. The van der Waals surface area contributed by atoms with Crippen molar-refractivity contribution in [3.05, 3.63) is 95.1 Å². The molecule has 0 radical (unpaired) electrons. The molecule has 4 heteroatoms. The maximum atomic E-state index is 12.0. The highest BCUT2D eigenvalue weighted by atomic mass is 31.1. The van der Waals surface area contributed by atoms with E-state index in [2.05, 4.69) is 0 Å². The molecular formula is C22H22O3P+. The largest absolute Gasteiger partial charge is 0.478 e. The summed E-state index contributed by atoms with van der Waals surface area (Å²) in [5.74, 6) is -0.843. The summed E-state index contributed by atoms with van der Waals surface area (Å²) < 4.78 is 12.0. The number of carboxylic acid groups (broad SMARTS) is 1. The van der Waals surface area contributed by atoms with Gasteiger partial charge in [-0.15, -0.1) is 0 Å². The van der Waals surface area contributed by atoms with Crippen LogP contribution in [0.3, 0.4) is 0 Å². The van der Waals surface area contributed by atoms with E-state index in [0.717, 1.165) is 27.3 Å². The van der Waals surface area contributed by atoms with Crippen molar-refractivity contribution >= 4 is 24.4 Å². The highest BCUT2D eigenvalue weighted by Gasteiger charge is 2.21. The lowest BCUT2D eigenvalue weighted by molar-refractivity contribution is 0.0695. The Morgan fingerprint density at radius 1 is 0.769 bits per heavy atom. The molecule has 0 aromatic heterocycles. The van der Waals surface area contributed by atoms with Crippen LogP contribution in [0.1, 0.15) is 27.0 Å². The Hall–Kier alpha value is -2.77. The number of hydrogen-bond acceptors (Lipinski definition) is 2. The van der Waals surface area contributed by atoms with Gasteiger partial charge in [0, 0.05) is 0 Å². The highest BCUT2D eigenvalue weighted by molar-refractivity contribution is 7.61. The van der Waals surface area contributed by atoms with Gasteiger partial charge in [-0.3, -0.25) is 0 Å². The average Bonchev–Trinajstić information content (AvgIpc) is 2.62. The van der Waals surface area contributed by atoms with Gasteiger partial charge in [0.25, 0.3) is 0 Å². The topological polar surface area (TPSA) is 54.4 Å². The van der Waals surface area contributed by atoms with Crippen LogP contribution in [-0.2, 0) is 4.57 Å². The third-order valence-electron chi connectivity index (χ3n) is 3.87. The van der Waals surface area contributed by atoms with Gasteiger partial charge in [-0.25, -0.2) is 4.79 Å². The van der Waals surface area contributed by atoms with E-state index in [1.54, 1.807) is 0 Å². The third kappa shape index (κ3) is 5.11. The van der Waals surface area contributed by atoms with Crippen molar-refractivity contribution < 1.29 is 14.5 Å². The number of benzene rings is 3. The van der Waals surface area contributed by atoms with E-state index in [-0.39, 0.29) is 0 Å². The van der Waals surface area contributed by atoms with E-state index in [9.17, 15) is 9.36 Å². The van der Waals surface area contributed by atoms with E-state index in [1.165, 1.54) is 0 Å². The van der Waals surface area contributed by atoms with Crippen molar-refractivity contribution in [2.24, 2.45) is 0 Å². The number of hydrogen-bond donors (Lipinski definition) is 1. The second-order valence-electron chi connectivity index (χ2n) is 6.04. The van der Waals surface area contributed by atoms with E-state index in [0.29, 0.717) is 5.56 Å². The Balaban J connectivity index is 0.000000190. The van der Waals surface area contributed by atoms with Crippen LogP contribution < -0.4 is 10.6 Å². The summed E-state index contributed by atoms with van der Waals surface area (Å²) in [6.45, 7) is 5.61. The zero-order chi connectivity index (χ0) is 19.1. The van der Waals surface area contributed by atoms with Crippen LogP contribution >= 0.6 is 7.80 Å². The Kier molecular flexibility index (Phi) is 6.82. The highest BCUT2D eigenvalue weighted by Crippen LogP contribution is 2.18. The summed E-state index contributed by atoms with van der Waals surface area (Å²) in [4.78, 5) is 10.8. The molecule has 0 fully saturated rings. The molecule has 0 aliphatic heterocycles. The van der Waals surface area contributed by atoms with Crippen molar-refractivity contribution in [3.8, 4) is 0 Å². The van der Waals surface area contributed by atoms with E-state index in [1.807, 2.05) is 93.6 Å². The molecule has 0 unspecified atom stereocenters. The van der Waals surface area contributed by atoms with Gasteiger partial charge in [-0.1, -0.05) is 58.7 Å². The maximum Gasteiger partial charge on any atom is 0.415 e. The fourth-order valence-corrected chi connectivity index (χ4v) is 3.98. The second kappa shape index (κ2) is 9.07. The predicted molar refractivity (Wildman–Crippen MR) is 107 cm³/mol. The molecule has 3 nitrogen and oxygen atoms in total. The fourth-order valence-electron chi connectivity index (χ4n) is 2.79. The zero-order valence-electron chi connectivity index (χ0n) is 15.1. The first-order valence-electron chi connectivity index (χ1n) is 8.28. The molecule has 0 atom stereocenters. The Bertz CT molecular complexity index is 839. The molecule has 0 amide bonds. The number of carboxylic acids is 1. The summed E-state index contributed by atoms with van der Waals surface area (Å²) in [6.07, 6.45) is 0. The van der Waals surface area contributed by atoms with Crippen molar-refractivity contribution in [3.63, 3.8) is 0 Å². The lowest BCUT2D eigenvalue weighted by atomic mass is 10.0. The predicted octanol–water partition coefficient (Wildman–Crippen LogP) is 4.77. The molecule has 3 rings (SSSR count). The van der Waals surface area contributed by atoms with Crippen molar-refractivity contribution in [1.29, 1.82) is 0 Å². The number of aryl methyl sites for hydroxylation is 3. The standard InChI is InChI=1S/C12H10OP.C10H12O2/c13-14(11-7-3-1-4-8-11)12-9-5-2-6-10-12;1-6-4-7(2)9(10(11)12)8(3)5-6/h1-10H;4-5H,1-3H3,(H,11,12)/q+1;.